The lowest BCUT2D eigenvalue weighted by Crippen LogP contribution is -2.34. The van der Waals surface area contributed by atoms with E-state index in [0.29, 0.717) is 0 Å². The molecule has 0 amide bonds. The first-order chi connectivity index (χ1) is 13.0. The van der Waals surface area contributed by atoms with Crippen molar-refractivity contribution in [3.8, 4) is 5.75 Å². The normalized spacial score (nSPS) is 17.1. The number of sulfonamides is 1. The molecule has 11 heteroatoms. The number of fused-ring (bicyclic) bond motifs is 1. The third-order valence-corrected chi connectivity index (χ3v) is 6.42. The van der Waals surface area contributed by atoms with Gasteiger partial charge in [-0.2, -0.15) is 17.5 Å². The smallest absolute Gasteiger partial charge is 0.416 e. The van der Waals surface area contributed by atoms with Crippen LogP contribution in [-0.4, -0.2) is 31.3 Å². The van der Waals surface area contributed by atoms with Crippen LogP contribution in [0.5, 0.6) is 5.75 Å². The lowest BCUT2D eigenvalue weighted by Gasteiger charge is -2.32. The molecule has 2 aromatic rings. The van der Waals surface area contributed by atoms with Crippen molar-refractivity contribution in [3.63, 3.8) is 0 Å². The van der Waals surface area contributed by atoms with Gasteiger partial charge in [0.1, 0.15) is 5.75 Å². The third-order valence-electron chi connectivity index (χ3n) is 4.51. The number of halogens is 3. The van der Waals surface area contributed by atoms with Crippen LogP contribution in [0.15, 0.2) is 47.4 Å². The summed E-state index contributed by atoms with van der Waals surface area (Å²) in [6.45, 7) is 0.00964. The molecular formula is C17H15F3N2O5S. The number of para-hydroxylation sites is 1. The van der Waals surface area contributed by atoms with E-state index in [0.717, 1.165) is 28.6 Å². The van der Waals surface area contributed by atoms with Gasteiger partial charge in [-0.25, -0.2) is 8.42 Å². The van der Waals surface area contributed by atoms with Crippen LogP contribution in [0.4, 0.5) is 18.9 Å². The molecule has 3 rings (SSSR count). The summed E-state index contributed by atoms with van der Waals surface area (Å²) in [6.07, 6.45) is -4.37. The first-order valence-corrected chi connectivity index (χ1v) is 9.53. The molecule has 1 aliphatic heterocycles. The van der Waals surface area contributed by atoms with Gasteiger partial charge in [-0.15, -0.1) is 0 Å². The second-order valence-corrected chi connectivity index (χ2v) is 8.12. The minimum atomic E-state index is -4.56. The topological polar surface area (TPSA) is 89.8 Å². The number of benzene rings is 2. The molecule has 0 aromatic heterocycles. The molecular weight excluding hydrogens is 401 g/mol. The highest BCUT2D eigenvalue weighted by molar-refractivity contribution is 7.89. The van der Waals surface area contributed by atoms with Gasteiger partial charge in [0.05, 0.1) is 23.1 Å². The van der Waals surface area contributed by atoms with Crippen LogP contribution in [0.3, 0.4) is 0 Å². The predicted molar refractivity (Wildman–Crippen MR) is 92.3 cm³/mol. The fourth-order valence-electron chi connectivity index (χ4n) is 3.07. The Kier molecular flexibility index (Phi) is 5.06. The van der Waals surface area contributed by atoms with E-state index in [1.807, 2.05) is 0 Å². The largest absolute Gasteiger partial charge is 0.493 e. The van der Waals surface area contributed by atoms with E-state index in [4.69, 9.17) is 4.74 Å². The number of ether oxygens (including phenoxy) is 1. The van der Waals surface area contributed by atoms with Crippen LogP contribution in [0.1, 0.15) is 23.6 Å². The van der Waals surface area contributed by atoms with Crippen molar-refractivity contribution in [1.82, 2.24) is 4.31 Å². The number of nitro benzene ring substituents is 1. The van der Waals surface area contributed by atoms with Gasteiger partial charge in [0, 0.05) is 25.1 Å². The fraction of sp³-hybridized carbons (Fsp3) is 0.294. The lowest BCUT2D eigenvalue weighted by molar-refractivity contribution is -0.387. The van der Waals surface area contributed by atoms with Crippen LogP contribution in [-0.2, 0) is 16.2 Å². The summed E-state index contributed by atoms with van der Waals surface area (Å²) in [6, 6.07) is 6.94. The van der Waals surface area contributed by atoms with Crippen LogP contribution in [0.2, 0.25) is 0 Å². The maximum atomic E-state index is 13.0. The van der Waals surface area contributed by atoms with Gasteiger partial charge in [-0.1, -0.05) is 18.2 Å². The highest BCUT2D eigenvalue weighted by Crippen LogP contribution is 2.41. The molecule has 0 bridgehead atoms. The minimum Gasteiger partial charge on any atom is -0.493 e. The van der Waals surface area contributed by atoms with Crippen molar-refractivity contribution in [3.05, 3.63) is 63.7 Å². The molecule has 1 heterocycles. The highest BCUT2D eigenvalue weighted by atomic mass is 32.2. The summed E-state index contributed by atoms with van der Waals surface area (Å²) in [5.74, 6) is -0.0595. The first kappa shape index (κ1) is 20.1. The highest BCUT2D eigenvalue weighted by Gasteiger charge is 2.38. The Labute approximate surface area is 158 Å². The monoisotopic (exact) mass is 416 g/mol. The van der Waals surface area contributed by atoms with Crippen molar-refractivity contribution >= 4 is 15.7 Å². The molecule has 150 valence electrons. The minimum absolute atomic E-state index is 0.00964. The summed E-state index contributed by atoms with van der Waals surface area (Å²) in [5, 5.41) is 11.2. The molecule has 0 saturated heterocycles. The molecule has 0 saturated carbocycles. The van der Waals surface area contributed by atoms with Gasteiger partial charge >= 0.3 is 6.18 Å². The number of rotatable bonds is 4. The van der Waals surface area contributed by atoms with Crippen molar-refractivity contribution in [1.29, 1.82) is 0 Å². The van der Waals surface area contributed by atoms with E-state index in [9.17, 15) is 31.7 Å². The molecule has 0 fully saturated rings. The van der Waals surface area contributed by atoms with Gasteiger partial charge in [0.15, 0.2) is 4.90 Å². The van der Waals surface area contributed by atoms with E-state index >= 15 is 0 Å². The zero-order chi connectivity index (χ0) is 20.7. The maximum Gasteiger partial charge on any atom is 0.416 e. The summed E-state index contributed by atoms with van der Waals surface area (Å²) >= 11 is 0. The Bertz CT molecular complexity index is 1020. The zero-order valence-electron chi connectivity index (χ0n) is 14.5. The lowest BCUT2D eigenvalue weighted by atomic mass is 9.99. The summed E-state index contributed by atoms with van der Waals surface area (Å²) in [4.78, 5) is 9.91. The number of nitro groups is 1. The molecule has 2 aromatic carbocycles. The molecule has 28 heavy (non-hydrogen) atoms. The second kappa shape index (κ2) is 7.06. The van der Waals surface area contributed by atoms with E-state index in [1.54, 1.807) is 0 Å². The Morgan fingerprint density at radius 1 is 1.21 bits per heavy atom. The predicted octanol–water partition coefficient (Wildman–Crippen LogP) is 3.76. The van der Waals surface area contributed by atoms with Gasteiger partial charge < -0.3 is 4.74 Å². The Hall–Kier alpha value is -2.66. The van der Waals surface area contributed by atoms with E-state index < -0.39 is 43.3 Å². The summed E-state index contributed by atoms with van der Waals surface area (Å²) in [5.41, 5.74) is -1.21. The molecule has 1 aliphatic rings. The van der Waals surface area contributed by atoms with Gasteiger partial charge in [-0.3, -0.25) is 10.1 Å². The SMILES string of the molecule is CN(C1CCOc2cc(C(F)(F)F)ccc21)S(=O)(=O)c1ccccc1[N+](=O)[O-]. The Balaban J connectivity index is 2.03. The Morgan fingerprint density at radius 2 is 1.89 bits per heavy atom. The number of alkyl halides is 3. The van der Waals surface area contributed by atoms with Gasteiger partial charge in [0.25, 0.3) is 5.69 Å². The summed E-state index contributed by atoms with van der Waals surface area (Å²) in [7, 11) is -3.04. The molecule has 1 unspecified atom stereocenters. The molecule has 0 N–H and O–H groups in total. The van der Waals surface area contributed by atoms with Crippen LogP contribution < -0.4 is 4.74 Å². The van der Waals surface area contributed by atoms with Gasteiger partial charge in [-0.05, 0) is 18.2 Å². The van der Waals surface area contributed by atoms with Crippen molar-refractivity contribution in [2.75, 3.05) is 13.7 Å². The molecule has 0 spiro atoms. The van der Waals surface area contributed by atoms with Crippen molar-refractivity contribution in [2.45, 2.75) is 23.5 Å². The fourth-order valence-corrected chi connectivity index (χ4v) is 4.60. The number of hydrogen-bond acceptors (Lipinski definition) is 5. The van der Waals surface area contributed by atoms with Crippen LogP contribution in [0.25, 0.3) is 0 Å². The molecule has 7 nitrogen and oxygen atoms in total. The van der Waals surface area contributed by atoms with Crippen molar-refractivity contribution in [2.24, 2.45) is 0 Å². The number of nitrogens with zero attached hydrogens (tertiary/aromatic N) is 2. The Morgan fingerprint density at radius 3 is 2.54 bits per heavy atom. The van der Waals surface area contributed by atoms with Crippen LogP contribution in [0, 0.1) is 10.1 Å². The molecule has 0 radical (unpaired) electrons. The molecule has 1 atom stereocenters. The van der Waals surface area contributed by atoms with E-state index in [2.05, 4.69) is 0 Å². The maximum absolute atomic E-state index is 13.0. The van der Waals surface area contributed by atoms with Crippen LogP contribution >= 0.6 is 0 Å². The van der Waals surface area contributed by atoms with Crippen molar-refractivity contribution < 1.29 is 31.2 Å². The standard InChI is InChI=1S/C17H15F3N2O5S/c1-21(28(25,26)16-5-3-2-4-14(16)22(23)24)13-8-9-27-15-10-11(17(18,19)20)6-7-12(13)15/h2-7,10,13H,8-9H2,1H3. The van der Waals surface area contributed by atoms with Gasteiger partial charge in [0.2, 0.25) is 10.0 Å². The van der Waals surface area contributed by atoms with E-state index in [-0.39, 0.29) is 24.3 Å². The zero-order valence-corrected chi connectivity index (χ0v) is 15.3. The third kappa shape index (κ3) is 3.54. The first-order valence-electron chi connectivity index (χ1n) is 8.09. The van der Waals surface area contributed by atoms with E-state index in [1.165, 1.54) is 25.2 Å². The number of hydrogen-bond donors (Lipinski definition) is 0. The average Bonchev–Trinajstić information content (AvgIpc) is 2.65. The molecule has 0 aliphatic carbocycles. The summed E-state index contributed by atoms with van der Waals surface area (Å²) < 4.78 is 71.0. The quantitative estimate of drug-likeness (QED) is 0.559. The average molecular weight is 416 g/mol. The second-order valence-electron chi connectivity index (χ2n) is 6.15.